The van der Waals surface area contributed by atoms with Gasteiger partial charge in [0, 0.05) is 12.6 Å². The molecule has 2 saturated carbocycles. The SMILES string of the molecule is Oc1ccc2c(c1)CCCN(CC1CC1)[C@@H](C1CCCCC1)C2. The van der Waals surface area contributed by atoms with E-state index in [1.807, 2.05) is 12.1 Å². The minimum atomic E-state index is 0.438. The lowest BCUT2D eigenvalue weighted by Crippen LogP contribution is -2.45. The molecule has 4 rings (SSSR count). The van der Waals surface area contributed by atoms with E-state index in [1.165, 1.54) is 82.0 Å². The molecule has 1 heterocycles. The standard InChI is InChI=1S/C21H31NO/c23-20-11-10-19-14-21(17-5-2-1-3-6-17)22(15-16-8-9-16)12-4-7-18(19)13-20/h10-11,13,16-17,21,23H,1-9,12,14-15H2/t21-/m1/s1. The van der Waals surface area contributed by atoms with Gasteiger partial charge in [0.2, 0.25) is 0 Å². The molecule has 126 valence electrons. The van der Waals surface area contributed by atoms with Crippen LogP contribution in [0.2, 0.25) is 0 Å². The van der Waals surface area contributed by atoms with Gasteiger partial charge in [0.05, 0.1) is 0 Å². The van der Waals surface area contributed by atoms with Crippen molar-refractivity contribution in [2.75, 3.05) is 13.1 Å². The van der Waals surface area contributed by atoms with E-state index in [0.717, 1.165) is 24.3 Å². The summed E-state index contributed by atoms with van der Waals surface area (Å²) in [5.74, 6) is 2.32. The topological polar surface area (TPSA) is 23.5 Å². The van der Waals surface area contributed by atoms with E-state index in [-0.39, 0.29) is 0 Å². The van der Waals surface area contributed by atoms with Crippen LogP contribution in [0, 0.1) is 11.8 Å². The lowest BCUT2D eigenvalue weighted by molar-refractivity contribution is 0.107. The van der Waals surface area contributed by atoms with Crippen LogP contribution in [0.4, 0.5) is 0 Å². The lowest BCUT2D eigenvalue weighted by atomic mass is 9.79. The molecule has 23 heavy (non-hydrogen) atoms. The fourth-order valence-electron chi connectivity index (χ4n) is 4.88. The van der Waals surface area contributed by atoms with Crippen LogP contribution in [-0.4, -0.2) is 29.1 Å². The molecule has 1 aliphatic heterocycles. The molecule has 0 aromatic heterocycles. The normalized spacial score (nSPS) is 27.2. The summed E-state index contributed by atoms with van der Waals surface area (Å²) in [5, 5.41) is 9.83. The minimum Gasteiger partial charge on any atom is -0.508 e. The Bertz CT molecular complexity index is 531. The van der Waals surface area contributed by atoms with Crippen molar-refractivity contribution in [3.05, 3.63) is 29.3 Å². The number of aryl methyl sites for hydroxylation is 1. The number of aromatic hydroxyl groups is 1. The first-order valence-corrected chi connectivity index (χ1v) is 9.84. The third kappa shape index (κ3) is 3.74. The largest absolute Gasteiger partial charge is 0.508 e. The van der Waals surface area contributed by atoms with Gasteiger partial charge in [0.1, 0.15) is 5.75 Å². The second kappa shape index (κ2) is 6.84. The Labute approximate surface area is 140 Å². The van der Waals surface area contributed by atoms with Crippen molar-refractivity contribution in [2.45, 2.75) is 70.3 Å². The molecule has 0 bridgehead atoms. The summed E-state index contributed by atoms with van der Waals surface area (Å²) in [7, 11) is 0. The van der Waals surface area contributed by atoms with Crippen LogP contribution in [0.5, 0.6) is 5.75 Å². The molecule has 0 spiro atoms. The number of fused-ring (bicyclic) bond motifs is 1. The minimum absolute atomic E-state index is 0.438. The monoisotopic (exact) mass is 313 g/mol. The Hall–Kier alpha value is -1.02. The molecule has 2 heteroatoms. The van der Waals surface area contributed by atoms with Crippen LogP contribution in [0.15, 0.2) is 18.2 Å². The molecular formula is C21H31NO. The fourth-order valence-corrected chi connectivity index (χ4v) is 4.88. The van der Waals surface area contributed by atoms with Crippen molar-refractivity contribution in [3.8, 4) is 5.75 Å². The van der Waals surface area contributed by atoms with Crippen LogP contribution in [0.25, 0.3) is 0 Å². The number of benzene rings is 1. The van der Waals surface area contributed by atoms with Crippen molar-refractivity contribution in [2.24, 2.45) is 11.8 Å². The summed E-state index contributed by atoms with van der Waals surface area (Å²) in [6, 6.07) is 6.84. The first-order chi connectivity index (χ1) is 11.3. The Balaban J connectivity index is 1.59. The molecule has 3 aliphatic rings. The molecule has 0 radical (unpaired) electrons. The number of nitrogens with zero attached hydrogens (tertiary/aromatic N) is 1. The maximum atomic E-state index is 9.83. The highest BCUT2D eigenvalue weighted by molar-refractivity contribution is 5.36. The first kappa shape index (κ1) is 15.5. The van der Waals surface area contributed by atoms with E-state index in [4.69, 9.17) is 0 Å². The van der Waals surface area contributed by atoms with E-state index in [1.54, 1.807) is 0 Å². The number of hydrogen-bond acceptors (Lipinski definition) is 2. The predicted octanol–water partition coefficient (Wildman–Crippen LogP) is 4.54. The van der Waals surface area contributed by atoms with E-state index in [9.17, 15) is 5.11 Å². The third-order valence-corrected chi connectivity index (χ3v) is 6.36. The summed E-state index contributed by atoms with van der Waals surface area (Å²) < 4.78 is 0. The molecule has 2 aliphatic carbocycles. The molecule has 2 nitrogen and oxygen atoms in total. The molecule has 1 aromatic carbocycles. The zero-order chi connectivity index (χ0) is 15.6. The zero-order valence-corrected chi connectivity index (χ0v) is 14.3. The van der Waals surface area contributed by atoms with E-state index in [0.29, 0.717) is 5.75 Å². The average Bonchev–Trinajstić information content (AvgIpc) is 3.36. The molecule has 1 aromatic rings. The summed E-state index contributed by atoms with van der Waals surface area (Å²) >= 11 is 0. The van der Waals surface area contributed by atoms with Crippen molar-refractivity contribution >= 4 is 0 Å². The lowest BCUT2D eigenvalue weighted by Gasteiger charge is -2.41. The van der Waals surface area contributed by atoms with Crippen LogP contribution in [0.3, 0.4) is 0 Å². The maximum Gasteiger partial charge on any atom is 0.115 e. The van der Waals surface area contributed by atoms with Gasteiger partial charge in [-0.3, -0.25) is 4.90 Å². The second-order valence-electron chi connectivity index (χ2n) is 8.16. The summed E-state index contributed by atoms with van der Waals surface area (Å²) in [6.07, 6.45) is 13.6. The Morgan fingerprint density at radius 3 is 2.57 bits per heavy atom. The van der Waals surface area contributed by atoms with Gasteiger partial charge in [-0.2, -0.15) is 0 Å². The quantitative estimate of drug-likeness (QED) is 0.885. The Kier molecular flexibility index (Phi) is 4.61. The molecule has 1 N–H and O–H groups in total. The van der Waals surface area contributed by atoms with Crippen molar-refractivity contribution in [3.63, 3.8) is 0 Å². The van der Waals surface area contributed by atoms with Gasteiger partial charge >= 0.3 is 0 Å². The number of phenols is 1. The summed E-state index contributed by atoms with van der Waals surface area (Å²) in [4.78, 5) is 2.86. The average molecular weight is 313 g/mol. The van der Waals surface area contributed by atoms with Gasteiger partial charge in [-0.15, -0.1) is 0 Å². The van der Waals surface area contributed by atoms with Gasteiger partial charge in [0.15, 0.2) is 0 Å². The van der Waals surface area contributed by atoms with E-state index < -0.39 is 0 Å². The maximum absolute atomic E-state index is 9.83. The third-order valence-electron chi connectivity index (χ3n) is 6.36. The van der Waals surface area contributed by atoms with Crippen molar-refractivity contribution in [1.29, 1.82) is 0 Å². The summed E-state index contributed by atoms with van der Waals surface area (Å²) in [6.45, 7) is 2.60. The van der Waals surface area contributed by atoms with Crippen LogP contribution in [0.1, 0.15) is 62.5 Å². The number of rotatable bonds is 3. The van der Waals surface area contributed by atoms with Gasteiger partial charge in [-0.1, -0.05) is 25.3 Å². The van der Waals surface area contributed by atoms with E-state index in [2.05, 4.69) is 11.0 Å². The van der Waals surface area contributed by atoms with Crippen molar-refractivity contribution in [1.82, 2.24) is 4.90 Å². The highest BCUT2D eigenvalue weighted by Gasteiger charge is 2.34. The second-order valence-corrected chi connectivity index (χ2v) is 8.16. The van der Waals surface area contributed by atoms with Gasteiger partial charge in [-0.05, 0) is 86.6 Å². The number of phenolic OH excluding ortho intramolecular Hbond substituents is 1. The zero-order valence-electron chi connectivity index (χ0n) is 14.3. The van der Waals surface area contributed by atoms with Crippen molar-refractivity contribution < 1.29 is 5.11 Å². The van der Waals surface area contributed by atoms with Crippen LogP contribution >= 0.6 is 0 Å². The number of hydrogen-bond donors (Lipinski definition) is 1. The molecular weight excluding hydrogens is 282 g/mol. The Morgan fingerprint density at radius 2 is 1.78 bits per heavy atom. The summed E-state index contributed by atoms with van der Waals surface area (Å²) in [5.41, 5.74) is 2.90. The predicted molar refractivity (Wildman–Crippen MR) is 94.8 cm³/mol. The molecule has 0 amide bonds. The van der Waals surface area contributed by atoms with E-state index >= 15 is 0 Å². The fraction of sp³-hybridized carbons (Fsp3) is 0.714. The van der Waals surface area contributed by atoms with Crippen LogP contribution < -0.4 is 0 Å². The van der Waals surface area contributed by atoms with Gasteiger partial charge in [0.25, 0.3) is 0 Å². The van der Waals surface area contributed by atoms with Crippen LogP contribution in [-0.2, 0) is 12.8 Å². The smallest absolute Gasteiger partial charge is 0.115 e. The highest BCUT2D eigenvalue weighted by atomic mass is 16.3. The van der Waals surface area contributed by atoms with Gasteiger partial charge < -0.3 is 5.11 Å². The molecule has 1 atom stereocenters. The first-order valence-electron chi connectivity index (χ1n) is 9.84. The van der Waals surface area contributed by atoms with Gasteiger partial charge in [-0.25, -0.2) is 0 Å². The molecule has 2 fully saturated rings. The molecule has 0 unspecified atom stereocenters. The Morgan fingerprint density at radius 1 is 0.957 bits per heavy atom. The highest BCUT2D eigenvalue weighted by Crippen LogP contribution is 2.36. The molecule has 0 saturated heterocycles.